The Kier molecular flexibility index (Phi) is 5.86. The average molecular weight is 248 g/mol. The van der Waals surface area contributed by atoms with Crippen LogP contribution < -0.4 is 5.73 Å². The van der Waals surface area contributed by atoms with Crippen molar-refractivity contribution < 1.29 is 4.79 Å². The van der Waals surface area contributed by atoms with Gasteiger partial charge in [0.25, 0.3) is 0 Å². The largest absolute Gasteiger partial charge is 0.345 e. The fourth-order valence-electron chi connectivity index (χ4n) is 1.80. The number of hydrogen-bond acceptors (Lipinski definition) is 2. The summed E-state index contributed by atoms with van der Waals surface area (Å²) in [6, 6.07) is 7.93. The van der Waals surface area contributed by atoms with Crippen LogP contribution in [0.1, 0.15) is 31.4 Å². The molecule has 1 unspecified atom stereocenters. The van der Waals surface area contributed by atoms with Gasteiger partial charge in [-0.3, -0.25) is 4.79 Å². The van der Waals surface area contributed by atoms with Crippen molar-refractivity contribution in [3.05, 3.63) is 35.4 Å². The van der Waals surface area contributed by atoms with Crippen LogP contribution in [0.2, 0.25) is 0 Å². The van der Waals surface area contributed by atoms with Crippen molar-refractivity contribution in [1.29, 1.82) is 0 Å². The molecule has 1 aromatic carbocycles. The molecule has 18 heavy (non-hydrogen) atoms. The lowest BCUT2D eigenvalue weighted by Gasteiger charge is -2.20. The van der Waals surface area contributed by atoms with Crippen molar-refractivity contribution in [1.82, 2.24) is 4.90 Å². The Labute approximate surface area is 110 Å². The van der Waals surface area contributed by atoms with E-state index in [2.05, 4.69) is 13.8 Å². The lowest BCUT2D eigenvalue weighted by atomic mass is 10.1. The van der Waals surface area contributed by atoms with E-state index >= 15 is 0 Å². The molecule has 100 valence electrons. The summed E-state index contributed by atoms with van der Waals surface area (Å²) in [5.41, 5.74) is 7.69. The maximum atomic E-state index is 12.0. The van der Waals surface area contributed by atoms with E-state index in [4.69, 9.17) is 5.73 Å². The molecule has 2 N–H and O–H groups in total. The molecule has 0 spiro atoms. The molecule has 0 fully saturated rings. The second-order valence-electron chi connectivity index (χ2n) is 4.99. The Hall–Kier alpha value is -1.35. The Morgan fingerprint density at radius 1 is 1.28 bits per heavy atom. The molecule has 0 bridgehead atoms. The van der Waals surface area contributed by atoms with Crippen LogP contribution >= 0.6 is 0 Å². The smallest absolute Gasteiger partial charge is 0.226 e. The van der Waals surface area contributed by atoms with E-state index in [1.54, 1.807) is 0 Å². The summed E-state index contributed by atoms with van der Waals surface area (Å²) >= 11 is 0. The van der Waals surface area contributed by atoms with Crippen LogP contribution in [-0.2, 0) is 17.8 Å². The van der Waals surface area contributed by atoms with E-state index < -0.39 is 0 Å². The summed E-state index contributed by atoms with van der Waals surface area (Å²) in [4.78, 5) is 13.8. The molecule has 0 radical (unpaired) electrons. The van der Waals surface area contributed by atoms with Gasteiger partial charge in [0.2, 0.25) is 5.91 Å². The molecule has 3 heteroatoms. The summed E-state index contributed by atoms with van der Waals surface area (Å²) in [6.07, 6.45) is 1.57. The minimum Gasteiger partial charge on any atom is -0.345 e. The van der Waals surface area contributed by atoms with Gasteiger partial charge in [-0.25, -0.2) is 0 Å². The first kappa shape index (κ1) is 14.7. The van der Waals surface area contributed by atoms with Crippen molar-refractivity contribution >= 4 is 5.91 Å². The van der Waals surface area contributed by atoms with Gasteiger partial charge >= 0.3 is 0 Å². The SMILES string of the molecule is CCC(C)CN(C)C(=O)Cc1ccc(CN)cc1. The minimum atomic E-state index is 0.177. The Bertz CT molecular complexity index is 373. The number of benzene rings is 1. The normalized spacial score (nSPS) is 12.2. The van der Waals surface area contributed by atoms with Crippen molar-refractivity contribution in [2.75, 3.05) is 13.6 Å². The Balaban J connectivity index is 2.52. The van der Waals surface area contributed by atoms with E-state index in [9.17, 15) is 4.79 Å². The number of rotatable bonds is 6. The predicted octanol–water partition coefficient (Wildman–Crippen LogP) is 2.19. The van der Waals surface area contributed by atoms with E-state index in [1.807, 2.05) is 36.2 Å². The van der Waals surface area contributed by atoms with Gasteiger partial charge in [-0.05, 0) is 17.0 Å². The van der Waals surface area contributed by atoms with Gasteiger partial charge in [0.05, 0.1) is 6.42 Å². The highest BCUT2D eigenvalue weighted by Gasteiger charge is 2.11. The van der Waals surface area contributed by atoms with E-state index in [1.165, 1.54) is 0 Å². The number of likely N-dealkylation sites (N-methyl/N-ethyl adjacent to an activating group) is 1. The highest BCUT2D eigenvalue weighted by Crippen LogP contribution is 2.08. The highest BCUT2D eigenvalue weighted by molar-refractivity contribution is 5.78. The van der Waals surface area contributed by atoms with Crippen LogP contribution in [-0.4, -0.2) is 24.4 Å². The molecule has 0 aliphatic rings. The summed E-state index contributed by atoms with van der Waals surface area (Å²) in [5, 5.41) is 0. The van der Waals surface area contributed by atoms with Gasteiger partial charge in [0, 0.05) is 20.1 Å². The third-order valence-corrected chi connectivity index (χ3v) is 3.32. The van der Waals surface area contributed by atoms with Crippen LogP contribution in [0.4, 0.5) is 0 Å². The van der Waals surface area contributed by atoms with E-state index in [0.717, 1.165) is 24.1 Å². The molecular weight excluding hydrogens is 224 g/mol. The molecule has 0 aromatic heterocycles. The quantitative estimate of drug-likeness (QED) is 0.839. The van der Waals surface area contributed by atoms with E-state index in [0.29, 0.717) is 18.9 Å². The maximum Gasteiger partial charge on any atom is 0.226 e. The predicted molar refractivity (Wildman–Crippen MR) is 75.1 cm³/mol. The third-order valence-electron chi connectivity index (χ3n) is 3.32. The number of nitrogens with zero attached hydrogens (tertiary/aromatic N) is 1. The fraction of sp³-hybridized carbons (Fsp3) is 0.533. The molecule has 1 aromatic rings. The zero-order chi connectivity index (χ0) is 13.5. The number of carbonyl (C=O) groups is 1. The molecule has 0 saturated heterocycles. The number of hydrogen-bond donors (Lipinski definition) is 1. The summed E-state index contributed by atoms with van der Waals surface area (Å²) < 4.78 is 0. The van der Waals surface area contributed by atoms with Gasteiger partial charge in [-0.15, -0.1) is 0 Å². The summed E-state index contributed by atoms with van der Waals surface area (Å²) in [7, 11) is 1.88. The molecule has 0 saturated carbocycles. The van der Waals surface area contributed by atoms with Crippen LogP contribution in [0.15, 0.2) is 24.3 Å². The first-order valence-corrected chi connectivity index (χ1v) is 6.58. The monoisotopic (exact) mass is 248 g/mol. The molecule has 1 rings (SSSR count). The lowest BCUT2D eigenvalue weighted by molar-refractivity contribution is -0.129. The Morgan fingerprint density at radius 3 is 2.33 bits per heavy atom. The van der Waals surface area contributed by atoms with Gasteiger partial charge in [0.1, 0.15) is 0 Å². The molecule has 3 nitrogen and oxygen atoms in total. The topological polar surface area (TPSA) is 46.3 Å². The number of nitrogens with two attached hydrogens (primary N) is 1. The van der Waals surface area contributed by atoms with Gasteiger partial charge in [0.15, 0.2) is 0 Å². The molecule has 1 atom stereocenters. The van der Waals surface area contributed by atoms with Crippen molar-refractivity contribution in [3.63, 3.8) is 0 Å². The minimum absolute atomic E-state index is 0.177. The lowest BCUT2D eigenvalue weighted by Crippen LogP contribution is -2.32. The van der Waals surface area contributed by atoms with Gasteiger partial charge in [-0.1, -0.05) is 44.5 Å². The van der Waals surface area contributed by atoms with Crippen molar-refractivity contribution in [2.45, 2.75) is 33.2 Å². The zero-order valence-electron chi connectivity index (χ0n) is 11.6. The van der Waals surface area contributed by atoms with Crippen molar-refractivity contribution in [3.8, 4) is 0 Å². The summed E-state index contributed by atoms with van der Waals surface area (Å²) in [5.74, 6) is 0.731. The van der Waals surface area contributed by atoms with Crippen LogP contribution in [0.25, 0.3) is 0 Å². The zero-order valence-corrected chi connectivity index (χ0v) is 11.6. The molecule has 0 aliphatic carbocycles. The number of amides is 1. The first-order chi connectivity index (χ1) is 8.56. The maximum absolute atomic E-state index is 12.0. The number of carbonyl (C=O) groups excluding carboxylic acids is 1. The molecular formula is C15H24N2O. The van der Waals surface area contributed by atoms with Crippen LogP contribution in [0, 0.1) is 5.92 Å². The molecule has 0 aliphatic heterocycles. The second kappa shape index (κ2) is 7.17. The second-order valence-corrected chi connectivity index (χ2v) is 4.99. The molecule has 0 heterocycles. The van der Waals surface area contributed by atoms with Crippen LogP contribution in [0.5, 0.6) is 0 Å². The first-order valence-electron chi connectivity index (χ1n) is 6.58. The summed E-state index contributed by atoms with van der Waals surface area (Å²) in [6.45, 7) is 5.69. The highest BCUT2D eigenvalue weighted by atomic mass is 16.2. The average Bonchev–Trinajstić information content (AvgIpc) is 2.39. The van der Waals surface area contributed by atoms with Gasteiger partial charge < -0.3 is 10.6 Å². The third kappa shape index (κ3) is 4.49. The molecule has 1 amide bonds. The van der Waals surface area contributed by atoms with E-state index in [-0.39, 0.29) is 5.91 Å². The Morgan fingerprint density at radius 2 is 1.83 bits per heavy atom. The van der Waals surface area contributed by atoms with Crippen LogP contribution in [0.3, 0.4) is 0 Å². The standard InChI is InChI=1S/C15H24N2O/c1-4-12(2)11-17(3)15(18)9-13-5-7-14(10-16)8-6-13/h5-8,12H,4,9-11,16H2,1-3H3. The van der Waals surface area contributed by atoms with Gasteiger partial charge in [-0.2, -0.15) is 0 Å². The van der Waals surface area contributed by atoms with Crippen molar-refractivity contribution in [2.24, 2.45) is 11.7 Å². The fourth-order valence-corrected chi connectivity index (χ4v) is 1.80.